The summed E-state index contributed by atoms with van der Waals surface area (Å²) < 4.78 is 13.4. The van der Waals surface area contributed by atoms with E-state index in [1.54, 1.807) is 29.2 Å². The molecule has 0 radical (unpaired) electrons. The van der Waals surface area contributed by atoms with Crippen LogP contribution in [0.2, 0.25) is 0 Å². The Morgan fingerprint density at radius 3 is 2.81 bits per heavy atom. The highest BCUT2D eigenvalue weighted by Gasteiger charge is 2.26. The van der Waals surface area contributed by atoms with Crippen molar-refractivity contribution in [3.05, 3.63) is 58.9 Å². The largest absolute Gasteiger partial charge is 0.324 e. The number of fused-ring (bicyclic) bond motifs is 1. The van der Waals surface area contributed by atoms with Crippen LogP contribution in [-0.2, 0) is 6.42 Å². The van der Waals surface area contributed by atoms with Gasteiger partial charge in [0.05, 0.1) is 11.4 Å². The van der Waals surface area contributed by atoms with Gasteiger partial charge in [-0.1, -0.05) is 6.07 Å². The lowest BCUT2D eigenvalue weighted by molar-refractivity contribution is 0.0989. The van der Waals surface area contributed by atoms with E-state index in [4.69, 9.17) is 5.84 Å². The fraction of sp³-hybridized carbons (Fsp3) is 0.188. The Morgan fingerprint density at radius 2 is 2.10 bits per heavy atom. The third kappa shape index (κ3) is 2.36. The Labute approximate surface area is 122 Å². The Hall–Kier alpha value is -2.40. The molecule has 1 aliphatic heterocycles. The summed E-state index contributed by atoms with van der Waals surface area (Å²) in [5.41, 5.74) is 6.49. The van der Waals surface area contributed by atoms with Crippen LogP contribution >= 0.6 is 0 Å². The summed E-state index contributed by atoms with van der Waals surface area (Å²) in [6, 6.07) is 9.87. The van der Waals surface area contributed by atoms with Crippen LogP contribution in [0.25, 0.3) is 0 Å². The summed E-state index contributed by atoms with van der Waals surface area (Å²) in [5, 5.41) is 0. The molecule has 0 saturated carbocycles. The van der Waals surface area contributed by atoms with Crippen molar-refractivity contribution in [3.8, 4) is 0 Å². The van der Waals surface area contributed by atoms with Gasteiger partial charge in [0, 0.05) is 12.1 Å². The second-order valence-corrected chi connectivity index (χ2v) is 5.15. The number of nitrogens with one attached hydrogen (secondary N) is 1. The number of hydrogen-bond acceptors (Lipinski definition) is 3. The average Bonchev–Trinajstić information content (AvgIpc) is 2.89. The van der Waals surface area contributed by atoms with Gasteiger partial charge < -0.3 is 10.3 Å². The van der Waals surface area contributed by atoms with Gasteiger partial charge in [-0.25, -0.2) is 4.39 Å². The third-order valence-electron chi connectivity index (χ3n) is 3.82. The molecule has 0 bridgehead atoms. The van der Waals surface area contributed by atoms with Crippen molar-refractivity contribution in [3.63, 3.8) is 0 Å². The van der Waals surface area contributed by atoms with Gasteiger partial charge in [0.25, 0.3) is 5.91 Å². The molecule has 3 N–H and O–H groups in total. The Morgan fingerprint density at radius 1 is 1.29 bits per heavy atom. The van der Waals surface area contributed by atoms with Crippen LogP contribution < -0.4 is 16.2 Å². The molecular formula is C16H16FN3O. The maximum Gasteiger partial charge on any atom is 0.258 e. The summed E-state index contributed by atoms with van der Waals surface area (Å²) >= 11 is 0. The van der Waals surface area contributed by atoms with Crippen LogP contribution in [-0.4, -0.2) is 12.5 Å². The first-order chi connectivity index (χ1) is 10.1. The summed E-state index contributed by atoms with van der Waals surface area (Å²) in [6.45, 7) is 2.46. The van der Waals surface area contributed by atoms with E-state index in [0.29, 0.717) is 17.8 Å². The lowest BCUT2D eigenvalue weighted by Gasteiger charge is -2.18. The molecule has 3 rings (SSSR count). The Bertz CT molecular complexity index is 715. The number of halogens is 1. The number of nitrogens with zero attached hydrogens (tertiary/aromatic N) is 1. The van der Waals surface area contributed by atoms with Crippen molar-refractivity contribution in [1.29, 1.82) is 0 Å². The number of hydrogen-bond donors (Lipinski definition) is 2. The standard InChI is InChI=1S/C16H16FN3O/c1-10-8-12(3-5-14(10)19-18)16(21)20-7-6-11-2-4-13(17)9-15(11)20/h2-5,8-9,19H,6-7,18H2,1H3. The normalized spacial score (nSPS) is 13.2. The smallest absolute Gasteiger partial charge is 0.258 e. The number of benzene rings is 2. The van der Waals surface area contributed by atoms with Gasteiger partial charge in [0.1, 0.15) is 5.82 Å². The van der Waals surface area contributed by atoms with E-state index in [2.05, 4.69) is 5.43 Å². The molecule has 108 valence electrons. The van der Waals surface area contributed by atoms with Crippen molar-refractivity contribution >= 4 is 17.3 Å². The average molecular weight is 285 g/mol. The first-order valence-corrected chi connectivity index (χ1v) is 6.77. The zero-order chi connectivity index (χ0) is 15.0. The van der Waals surface area contributed by atoms with Gasteiger partial charge in [-0.15, -0.1) is 0 Å². The molecule has 1 amide bonds. The maximum absolute atomic E-state index is 13.4. The number of nitrogens with two attached hydrogens (primary N) is 1. The monoisotopic (exact) mass is 285 g/mol. The summed E-state index contributed by atoms with van der Waals surface area (Å²) in [6.07, 6.45) is 0.753. The molecule has 0 saturated heterocycles. The molecule has 0 aliphatic carbocycles. The van der Waals surface area contributed by atoms with E-state index in [-0.39, 0.29) is 11.7 Å². The topological polar surface area (TPSA) is 58.4 Å². The highest BCUT2D eigenvalue weighted by Crippen LogP contribution is 2.30. The molecule has 0 fully saturated rings. The van der Waals surface area contributed by atoms with Crippen LogP contribution in [0.3, 0.4) is 0 Å². The Kier molecular flexibility index (Phi) is 3.35. The van der Waals surface area contributed by atoms with Crippen molar-refractivity contribution in [1.82, 2.24) is 0 Å². The summed E-state index contributed by atoms with van der Waals surface area (Å²) in [7, 11) is 0. The van der Waals surface area contributed by atoms with Gasteiger partial charge in [0.2, 0.25) is 0 Å². The number of rotatable bonds is 2. The Balaban J connectivity index is 1.94. The van der Waals surface area contributed by atoms with E-state index in [0.717, 1.165) is 23.2 Å². The van der Waals surface area contributed by atoms with Crippen molar-refractivity contribution < 1.29 is 9.18 Å². The molecule has 5 heteroatoms. The fourth-order valence-electron chi connectivity index (χ4n) is 2.68. The number of nitrogen functional groups attached to an aromatic ring is 1. The molecule has 4 nitrogen and oxygen atoms in total. The molecule has 1 heterocycles. The minimum Gasteiger partial charge on any atom is -0.324 e. The van der Waals surface area contributed by atoms with E-state index in [1.165, 1.54) is 12.1 Å². The summed E-state index contributed by atoms with van der Waals surface area (Å²) in [4.78, 5) is 14.3. The van der Waals surface area contributed by atoms with Crippen molar-refractivity contribution in [2.24, 2.45) is 5.84 Å². The minimum atomic E-state index is -0.327. The van der Waals surface area contributed by atoms with Gasteiger partial charge in [0.15, 0.2) is 0 Å². The number of anilines is 2. The zero-order valence-electron chi connectivity index (χ0n) is 11.7. The van der Waals surface area contributed by atoms with Crippen molar-refractivity contribution in [2.75, 3.05) is 16.9 Å². The van der Waals surface area contributed by atoms with Crippen LogP contribution in [0.15, 0.2) is 36.4 Å². The van der Waals surface area contributed by atoms with Gasteiger partial charge in [-0.3, -0.25) is 10.6 Å². The lowest BCUT2D eigenvalue weighted by Crippen LogP contribution is -2.29. The number of hydrazine groups is 1. The highest BCUT2D eigenvalue weighted by atomic mass is 19.1. The number of carbonyl (C=O) groups excluding carboxylic acids is 1. The maximum atomic E-state index is 13.4. The SMILES string of the molecule is Cc1cc(C(=O)N2CCc3ccc(F)cc32)ccc1NN. The minimum absolute atomic E-state index is 0.119. The van der Waals surface area contributed by atoms with E-state index < -0.39 is 0 Å². The van der Waals surface area contributed by atoms with E-state index in [1.807, 2.05) is 6.92 Å². The molecule has 21 heavy (non-hydrogen) atoms. The van der Waals surface area contributed by atoms with Crippen molar-refractivity contribution in [2.45, 2.75) is 13.3 Å². The predicted molar refractivity (Wildman–Crippen MR) is 80.8 cm³/mol. The number of carbonyl (C=O) groups is 1. The third-order valence-corrected chi connectivity index (χ3v) is 3.82. The quantitative estimate of drug-likeness (QED) is 0.658. The van der Waals surface area contributed by atoms with Crippen LogP contribution in [0.4, 0.5) is 15.8 Å². The molecule has 1 aliphatic rings. The predicted octanol–water partition coefficient (Wildman–Crippen LogP) is 2.62. The highest BCUT2D eigenvalue weighted by molar-refractivity contribution is 6.07. The van der Waals surface area contributed by atoms with E-state index in [9.17, 15) is 9.18 Å². The summed E-state index contributed by atoms with van der Waals surface area (Å²) in [5.74, 6) is 4.95. The number of amides is 1. The molecule has 0 spiro atoms. The lowest BCUT2D eigenvalue weighted by atomic mass is 10.1. The molecule has 0 atom stereocenters. The molecule has 0 unspecified atom stereocenters. The first kappa shape index (κ1) is 13.6. The molecule has 0 aromatic heterocycles. The molecular weight excluding hydrogens is 269 g/mol. The van der Waals surface area contributed by atoms with E-state index >= 15 is 0 Å². The van der Waals surface area contributed by atoms with Crippen LogP contribution in [0, 0.1) is 12.7 Å². The van der Waals surface area contributed by atoms with Crippen LogP contribution in [0.5, 0.6) is 0 Å². The fourth-order valence-corrected chi connectivity index (χ4v) is 2.68. The second kappa shape index (κ2) is 5.18. The zero-order valence-corrected chi connectivity index (χ0v) is 11.7. The van der Waals surface area contributed by atoms with Gasteiger partial charge in [-0.05, 0) is 54.8 Å². The van der Waals surface area contributed by atoms with Gasteiger partial charge in [-0.2, -0.15) is 0 Å². The second-order valence-electron chi connectivity index (χ2n) is 5.15. The van der Waals surface area contributed by atoms with Crippen LogP contribution in [0.1, 0.15) is 21.5 Å². The molecule has 2 aromatic carbocycles. The van der Waals surface area contributed by atoms with Gasteiger partial charge >= 0.3 is 0 Å². The molecule has 2 aromatic rings. The first-order valence-electron chi connectivity index (χ1n) is 6.77. The number of aryl methyl sites for hydroxylation is 1.